The van der Waals surface area contributed by atoms with Crippen LogP contribution in [-0.4, -0.2) is 17.0 Å². The zero-order valence-corrected chi connectivity index (χ0v) is 20.9. The van der Waals surface area contributed by atoms with Gasteiger partial charge in [0.05, 0.1) is 15.1 Å². The number of amides is 1. The van der Waals surface area contributed by atoms with Crippen LogP contribution in [0.3, 0.4) is 0 Å². The van der Waals surface area contributed by atoms with E-state index in [9.17, 15) is 4.79 Å². The summed E-state index contributed by atoms with van der Waals surface area (Å²) in [6.07, 6.45) is 1.82. The quantitative estimate of drug-likeness (QED) is 0.252. The minimum atomic E-state index is -0.178. The van der Waals surface area contributed by atoms with Gasteiger partial charge in [0.15, 0.2) is 15.8 Å². The third-order valence-corrected chi connectivity index (χ3v) is 7.14. The predicted molar refractivity (Wildman–Crippen MR) is 138 cm³/mol. The minimum Gasteiger partial charge on any atom is -0.488 e. The number of anilines is 1. The number of benzene rings is 3. The second-order valence-electron chi connectivity index (χ2n) is 7.16. The second kappa shape index (κ2) is 9.38. The highest BCUT2D eigenvalue weighted by Gasteiger charge is 2.34. The van der Waals surface area contributed by atoms with Crippen LogP contribution >= 0.6 is 51.5 Å². The van der Waals surface area contributed by atoms with Crippen LogP contribution in [0.15, 0.2) is 70.0 Å². The van der Waals surface area contributed by atoms with E-state index in [0.29, 0.717) is 43.8 Å². The van der Waals surface area contributed by atoms with Crippen LogP contribution in [0.2, 0.25) is 5.02 Å². The average Bonchev–Trinajstić information content (AvgIpc) is 3.37. The molecule has 0 saturated carbocycles. The Morgan fingerprint density at radius 2 is 1.88 bits per heavy atom. The summed E-state index contributed by atoms with van der Waals surface area (Å²) in [5.74, 6) is 1.78. The molecule has 5 rings (SSSR count). The monoisotopic (exact) mass is 559 g/mol. The first-order chi connectivity index (χ1) is 16.0. The summed E-state index contributed by atoms with van der Waals surface area (Å²) in [6.45, 7) is 0.592. The molecule has 2 aliphatic rings. The Labute approximate surface area is 213 Å². The molecule has 166 valence electrons. The summed E-state index contributed by atoms with van der Waals surface area (Å²) in [5, 5.41) is 0.688. The Morgan fingerprint density at radius 1 is 1.09 bits per heavy atom. The van der Waals surface area contributed by atoms with Crippen molar-refractivity contribution in [2.75, 3.05) is 11.7 Å². The molecule has 3 aromatic rings. The molecule has 5 nitrogen and oxygen atoms in total. The molecular formula is C24H15BrClNO4S2. The van der Waals surface area contributed by atoms with Gasteiger partial charge < -0.3 is 14.2 Å². The van der Waals surface area contributed by atoms with Crippen molar-refractivity contribution in [1.29, 1.82) is 0 Å². The Bertz CT molecular complexity index is 1300. The smallest absolute Gasteiger partial charge is 0.270 e. The average molecular weight is 561 g/mol. The lowest BCUT2D eigenvalue weighted by atomic mass is 10.2. The van der Waals surface area contributed by atoms with E-state index < -0.39 is 0 Å². The molecule has 33 heavy (non-hydrogen) atoms. The topological polar surface area (TPSA) is 48.0 Å². The SMILES string of the molecule is O=C1/C(=C\c2ccc(OCc3ccc(Cl)cc3)c(Br)c2)SC(=S)N1c1ccc2c(c1)OCO2. The van der Waals surface area contributed by atoms with Crippen LogP contribution in [0.25, 0.3) is 6.08 Å². The number of halogens is 2. The van der Waals surface area contributed by atoms with Gasteiger partial charge in [0.2, 0.25) is 6.79 Å². The summed E-state index contributed by atoms with van der Waals surface area (Å²) in [6, 6.07) is 18.5. The van der Waals surface area contributed by atoms with Gasteiger partial charge in [-0.2, -0.15) is 0 Å². The third kappa shape index (κ3) is 4.75. The number of hydrogen-bond donors (Lipinski definition) is 0. The van der Waals surface area contributed by atoms with E-state index in [1.807, 2.05) is 48.5 Å². The Morgan fingerprint density at radius 3 is 2.67 bits per heavy atom. The van der Waals surface area contributed by atoms with Gasteiger partial charge in [-0.1, -0.05) is 53.8 Å². The standard InChI is InChI=1S/C24H15BrClNO4S2/c25-18-9-15(3-7-19(18)29-12-14-1-4-16(26)5-2-14)10-22-23(28)27(24(32)33-22)17-6-8-20-21(11-17)31-13-30-20/h1-11H,12-13H2/b22-10+. The summed E-state index contributed by atoms with van der Waals surface area (Å²) in [5.41, 5.74) is 2.52. The Balaban J connectivity index is 1.31. The van der Waals surface area contributed by atoms with Crippen LogP contribution < -0.4 is 19.1 Å². The van der Waals surface area contributed by atoms with Gasteiger partial charge in [-0.05, 0) is 69.5 Å². The molecule has 0 aromatic heterocycles. The Hall–Kier alpha value is -2.52. The number of ether oxygens (including phenoxy) is 3. The molecule has 2 aliphatic heterocycles. The number of carbonyl (C=O) groups excluding carboxylic acids is 1. The van der Waals surface area contributed by atoms with Gasteiger partial charge in [-0.3, -0.25) is 9.69 Å². The zero-order valence-electron chi connectivity index (χ0n) is 16.9. The first-order valence-electron chi connectivity index (χ1n) is 9.82. The number of nitrogens with zero attached hydrogens (tertiary/aromatic N) is 1. The molecule has 1 saturated heterocycles. The first kappa shape index (κ1) is 22.3. The van der Waals surface area contributed by atoms with Gasteiger partial charge >= 0.3 is 0 Å². The highest BCUT2D eigenvalue weighted by molar-refractivity contribution is 9.10. The summed E-state index contributed by atoms with van der Waals surface area (Å²) in [7, 11) is 0. The summed E-state index contributed by atoms with van der Waals surface area (Å²) >= 11 is 16.2. The second-order valence-corrected chi connectivity index (χ2v) is 10.1. The van der Waals surface area contributed by atoms with Crippen LogP contribution in [0.5, 0.6) is 17.2 Å². The summed E-state index contributed by atoms with van der Waals surface area (Å²) in [4.78, 5) is 15.1. The number of thioether (sulfide) groups is 1. The lowest BCUT2D eigenvalue weighted by Gasteiger charge is -2.14. The fourth-order valence-corrected chi connectivity index (χ4v) is 5.27. The van der Waals surface area contributed by atoms with E-state index in [0.717, 1.165) is 15.6 Å². The van der Waals surface area contributed by atoms with Gasteiger partial charge in [0.25, 0.3) is 5.91 Å². The Kier molecular flexibility index (Phi) is 6.34. The van der Waals surface area contributed by atoms with Crippen LogP contribution in [0.1, 0.15) is 11.1 Å². The van der Waals surface area contributed by atoms with E-state index >= 15 is 0 Å². The van der Waals surface area contributed by atoms with Crippen molar-refractivity contribution in [3.63, 3.8) is 0 Å². The fraction of sp³-hybridized carbons (Fsp3) is 0.0833. The van der Waals surface area contributed by atoms with E-state index in [2.05, 4.69) is 15.9 Å². The molecule has 0 spiro atoms. The number of carbonyl (C=O) groups is 1. The predicted octanol–water partition coefficient (Wildman–Crippen LogP) is 6.82. The molecule has 0 radical (unpaired) electrons. The van der Waals surface area contributed by atoms with Crippen molar-refractivity contribution < 1.29 is 19.0 Å². The highest BCUT2D eigenvalue weighted by atomic mass is 79.9. The number of hydrogen-bond acceptors (Lipinski definition) is 6. The van der Waals surface area contributed by atoms with Crippen molar-refractivity contribution in [2.45, 2.75) is 6.61 Å². The van der Waals surface area contributed by atoms with E-state index in [4.69, 9.17) is 38.0 Å². The molecule has 2 heterocycles. The van der Waals surface area contributed by atoms with Gasteiger partial charge in [-0.15, -0.1) is 0 Å². The molecule has 0 bridgehead atoms. The van der Waals surface area contributed by atoms with Crippen molar-refractivity contribution in [3.05, 3.63) is 86.2 Å². The normalized spacial score (nSPS) is 16.1. The van der Waals surface area contributed by atoms with Crippen LogP contribution in [-0.2, 0) is 11.4 Å². The highest BCUT2D eigenvalue weighted by Crippen LogP contribution is 2.41. The first-order valence-corrected chi connectivity index (χ1v) is 12.2. The van der Waals surface area contributed by atoms with Crippen LogP contribution in [0.4, 0.5) is 5.69 Å². The maximum atomic E-state index is 13.1. The number of rotatable bonds is 5. The van der Waals surface area contributed by atoms with Gasteiger partial charge in [0, 0.05) is 11.1 Å². The van der Waals surface area contributed by atoms with E-state index in [1.54, 1.807) is 18.2 Å². The van der Waals surface area contributed by atoms with E-state index in [-0.39, 0.29) is 12.7 Å². The molecule has 1 fully saturated rings. The van der Waals surface area contributed by atoms with Crippen molar-refractivity contribution >= 4 is 73.5 Å². The molecule has 0 atom stereocenters. The lowest BCUT2D eigenvalue weighted by Crippen LogP contribution is -2.27. The molecule has 0 N–H and O–H groups in total. The number of thiocarbonyl (C=S) groups is 1. The maximum Gasteiger partial charge on any atom is 0.270 e. The van der Waals surface area contributed by atoms with Crippen molar-refractivity contribution in [1.82, 2.24) is 0 Å². The van der Waals surface area contributed by atoms with Gasteiger partial charge in [-0.25, -0.2) is 0 Å². The molecule has 0 aliphatic carbocycles. The molecular weight excluding hydrogens is 546 g/mol. The molecule has 3 aromatic carbocycles. The largest absolute Gasteiger partial charge is 0.488 e. The zero-order chi connectivity index (χ0) is 22.9. The molecule has 1 amide bonds. The third-order valence-electron chi connectivity index (χ3n) is 4.97. The van der Waals surface area contributed by atoms with Gasteiger partial charge in [0.1, 0.15) is 12.4 Å². The fourth-order valence-electron chi connectivity index (χ4n) is 3.33. The lowest BCUT2D eigenvalue weighted by molar-refractivity contribution is -0.113. The number of fused-ring (bicyclic) bond motifs is 1. The maximum absolute atomic E-state index is 13.1. The van der Waals surface area contributed by atoms with Crippen molar-refractivity contribution in [2.24, 2.45) is 0 Å². The molecule has 0 unspecified atom stereocenters. The van der Waals surface area contributed by atoms with Crippen LogP contribution in [0, 0.1) is 0 Å². The van der Waals surface area contributed by atoms with Crippen molar-refractivity contribution in [3.8, 4) is 17.2 Å². The summed E-state index contributed by atoms with van der Waals surface area (Å²) < 4.78 is 17.9. The molecule has 9 heteroatoms. The minimum absolute atomic E-state index is 0.172. The van der Waals surface area contributed by atoms with E-state index in [1.165, 1.54) is 16.7 Å².